The molecule has 0 saturated heterocycles. The molecular weight excluding hydrogens is 190 g/mol. The fraction of sp³-hybridized carbons (Fsp3) is 0.273. The lowest BCUT2D eigenvalue weighted by Gasteiger charge is -1.99. The Labute approximate surface area is 87.5 Å². The van der Waals surface area contributed by atoms with Gasteiger partial charge in [-0.2, -0.15) is 0 Å². The predicted octanol–water partition coefficient (Wildman–Crippen LogP) is 1.37. The summed E-state index contributed by atoms with van der Waals surface area (Å²) in [6.45, 7) is 0. The average molecular weight is 203 g/mol. The summed E-state index contributed by atoms with van der Waals surface area (Å²) in [5.74, 6) is -0.245. The Balaban J connectivity index is 2.04. The van der Waals surface area contributed by atoms with Gasteiger partial charge in [0.1, 0.15) is 5.65 Å². The van der Waals surface area contributed by atoms with Crippen LogP contribution in [0.15, 0.2) is 24.5 Å². The lowest BCUT2D eigenvalue weighted by molar-refractivity contribution is -0.118. The number of nitrogens with one attached hydrogen (secondary N) is 1. The summed E-state index contributed by atoms with van der Waals surface area (Å²) in [7, 11) is 0. The summed E-state index contributed by atoms with van der Waals surface area (Å²) in [6, 6.07) is 4.07. The van der Waals surface area contributed by atoms with Crippen molar-refractivity contribution in [3.8, 4) is 0 Å². The van der Waals surface area contributed by atoms with Crippen molar-refractivity contribution in [2.24, 2.45) is 5.73 Å². The minimum atomic E-state index is -0.245. The Morgan fingerprint density at radius 3 is 3.20 bits per heavy atom. The summed E-state index contributed by atoms with van der Waals surface area (Å²) in [6.07, 6.45) is 5.76. The number of nitrogens with zero attached hydrogens (tertiary/aromatic N) is 1. The van der Waals surface area contributed by atoms with Crippen LogP contribution >= 0.6 is 0 Å². The summed E-state index contributed by atoms with van der Waals surface area (Å²) >= 11 is 0. The number of carbonyl (C=O) groups is 1. The van der Waals surface area contributed by atoms with Crippen LogP contribution in [-0.2, 0) is 11.2 Å². The van der Waals surface area contributed by atoms with E-state index in [0.717, 1.165) is 29.4 Å². The third-order valence-electron chi connectivity index (χ3n) is 2.35. The zero-order valence-corrected chi connectivity index (χ0v) is 8.36. The van der Waals surface area contributed by atoms with Crippen LogP contribution in [0.4, 0.5) is 0 Å². The number of aromatic amines is 1. The van der Waals surface area contributed by atoms with Gasteiger partial charge in [0.05, 0.1) is 0 Å². The second-order valence-corrected chi connectivity index (χ2v) is 3.58. The molecule has 0 bridgehead atoms. The Hall–Kier alpha value is -1.84. The van der Waals surface area contributed by atoms with Crippen LogP contribution in [0.2, 0.25) is 0 Å². The number of pyridine rings is 1. The predicted molar refractivity (Wildman–Crippen MR) is 58.2 cm³/mol. The Bertz CT molecular complexity index is 475. The summed E-state index contributed by atoms with van der Waals surface area (Å²) in [5.41, 5.74) is 7.11. The third kappa shape index (κ3) is 2.34. The molecule has 2 aromatic heterocycles. The van der Waals surface area contributed by atoms with Gasteiger partial charge in [-0.15, -0.1) is 0 Å². The van der Waals surface area contributed by atoms with E-state index >= 15 is 0 Å². The highest BCUT2D eigenvalue weighted by Gasteiger charge is 2.00. The number of hydrogen-bond donors (Lipinski definition) is 2. The van der Waals surface area contributed by atoms with Crippen molar-refractivity contribution >= 4 is 16.9 Å². The summed E-state index contributed by atoms with van der Waals surface area (Å²) in [5, 5.41) is 1.10. The zero-order valence-electron chi connectivity index (χ0n) is 8.36. The number of carbonyl (C=O) groups excluding carboxylic acids is 1. The van der Waals surface area contributed by atoms with Gasteiger partial charge >= 0.3 is 0 Å². The van der Waals surface area contributed by atoms with Crippen molar-refractivity contribution in [2.45, 2.75) is 19.3 Å². The zero-order chi connectivity index (χ0) is 10.7. The highest BCUT2D eigenvalue weighted by atomic mass is 16.1. The molecule has 0 radical (unpaired) electrons. The fourth-order valence-corrected chi connectivity index (χ4v) is 1.59. The van der Waals surface area contributed by atoms with Crippen LogP contribution in [0.3, 0.4) is 0 Å². The van der Waals surface area contributed by atoms with Gasteiger partial charge in [-0.25, -0.2) is 4.98 Å². The molecule has 78 valence electrons. The van der Waals surface area contributed by atoms with Gasteiger partial charge in [0.25, 0.3) is 0 Å². The first-order valence-electron chi connectivity index (χ1n) is 4.96. The largest absolute Gasteiger partial charge is 0.370 e. The van der Waals surface area contributed by atoms with E-state index in [9.17, 15) is 4.79 Å². The van der Waals surface area contributed by atoms with Crippen molar-refractivity contribution in [3.63, 3.8) is 0 Å². The molecule has 0 aromatic carbocycles. The van der Waals surface area contributed by atoms with Gasteiger partial charge in [-0.05, 0) is 30.5 Å². The van der Waals surface area contributed by atoms with E-state index in [1.54, 1.807) is 0 Å². The smallest absolute Gasteiger partial charge is 0.217 e. The molecule has 0 saturated carbocycles. The van der Waals surface area contributed by atoms with Crippen LogP contribution in [0.1, 0.15) is 18.4 Å². The molecule has 0 aliphatic heterocycles. The third-order valence-corrected chi connectivity index (χ3v) is 2.35. The average Bonchev–Trinajstić information content (AvgIpc) is 2.64. The number of nitrogens with two attached hydrogens (primary N) is 1. The minimum absolute atomic E-state index is 0.245. The van der Waals surface area contributed by atoms with Crippen molar-refractivity contribution in [3.05, 3.63) is 30.1 Å². The fourth-order valence-electron chi connectivity index (χ4n) is 1.59. The number of aryl methyl sites for hydroxylation is 1. The SMILES string of the molecule is NC(=O)CCCc1cnc2[nH]ccc2c1. The highest BCUT2D eigenvalue weighted by Crippen LogP contribution is 2.12. The number of aromatic nitrogens is 2. The minimum Gasteiger partial charge on any atom is -0.370 e. The van der Waals surface area contributed by atoms with Crippen molar-refractivity contribution in [1.29, 1.82) is 0 Å². The molecular formula is C11H13N3O. The van der Waals surface area contributed by atoms with Gasteiger partial charge in [0.15, 0.2) is 0 Å². The van der Waals surface area contributed by atoms with Crippen LogP contribution < -0.4 is 5.73 Å². The summed E-state index contributed by atoms with van der Waals surface area (Å²) in [4.78, 5) is 17.9. The van der Waals surface area contributed by atoms with E-state index in [1.807, 2.05) is 18.5 Å². The molecule has 0 atom stereocenters. The lowest BCUT2D eigenvalue weighted by Crippen LogP contribution is -2.10. The van der Waals surface area contributed by atoms with E-state index in [2.05, 4.69) is 16.0 Å². The first-order chi connectivity index (χ1) is 7.25. The van der Waals surface area contributed by atoms with Crippen LogP contribution in [0.25, 0.3) is 11.0 Å². The molecule has 3 N–H and O–H groups in total. The number of fused-ring (bicyclic) bond motifs is 1. The van der Waals surface area contributed by atoms with Crippen LogP contribution in [0.5, 0.6) is 0 Å². The summed E-state index contributed by atoms with van der Waals surface area (Å²) < 4.78 is 0. The second kappa shape index (κ2) is 4.13. The monoisotopic (exact) mass is 203 g/mol. The molecule has 2 aromatic rings. The van der Waals surface area contributed by atoms with Crippen LogP contribution in [-0.4, -0.2) is 15.9 Å². The van der Waals surface area contributed by atoms with Crippen molar-refractivity contribution in [2.75, 3.05) is 0 Å². The van der Waals surface area contributed by atoms with Gasteiger partial charge in [0, 0.05) is 24.2 Å². The van der Waals surface area contributed by atoms with Crippen LogP contribution in [0, 0.1) is 0 Å². The topological polar surface area (TPSA) is 71.8 Å². The molecule has 15 heavy (non-hydrogen) atoms. The Morgan fingerprint density at radius 1 is 1.53 bits per heavy atom. The number of primary amides is 1. The van der Waals surface area contributed by atoms with Gasteiger partial charge in [-0.3, -0.25) is 4.79 Å². The molecule has 0 spiro atoms. The van der Waals surface area contributed by atoms with Gasteiger partial charge in [-0.1, -0.05) is 0 Å². The van der Waals surface area contributed by atoms with E-state index in [-0.39, 0.29) is 5.91 Å². The molecule has 4 heteroatoms. The standard InChI is InChI=1S/C11H13N3O/c12-10(15)3-1-2-8-6-9-4-5-13-11(9)14-7-8/h4-7H,1-3H2,(H2,12,15)(H,13,14). The molecule has 1 amide bonds. The quantitative estimate of drug-likeness (QED) is 0.787. The molecule has 2 rings (SSSR count). The molecule has 0 aliphatic rings. The van der Waals surface area contributed by atoms with Gasteiger partial charge < -0.3 is 10.7 Å². The second-order valence-electron chi connectivity index (χ2n) is 3.58. The maximum Gasteiger partial charge on any atom is 0.217 e. The van der Waals surface area contributed by atoms with Crippen molar-refractivity contribution < 1.29 is 4.79 Å². The molecule has 0 aliphatic carbocycles. The van der Waals surface area contributed by atoms with E-state index in [1.165, 1.54) is 0 Å². The highest BCUT2D eigenvalue weighted by molar-refractivity contribution is 5.75. The number of amides is 1. The molecule has 0 fully saturated rings. The van der Waals surface area contributed by atoms with Gasteiger partial charge in [0.2, 0.25) is 5.91 Å². The number of hydrogen-bond acceptors (Lipinski definition) is 2. The lowest BCUT2D eigenvalue weighted by atomic mass is 10.1. The first-order valence-corrected chi connectivity index (χ1v) is 4.96. The van der Waals surface area contributed by atoms with E-state index < -0.39 is 0 Å². The van der Waals surface area contributed by atoms with E-state index in [0.29, 0.717) is 6.42 Å². The molecule has 2 heterocycles. The van der Waals surface area contributed by atoms with Crippen molar-refractivity contribution in [1.82, 2.24) is 9.97 Å². The Morgan fingerprint density at radius 2 is 2.40 bits per heavy atom. The normalized spacial score (nSPS) is 10.7. The number of rotatable bonds is 4. The number of H-pyrrole nitrogens is 1. The maximum atomic E-state index is 10.6. The molecule has 0 unspecified atom stereocenters. The maximum absolute atomic E-state index is 10.6. The molecule has 4 nitrogen and oxygen atoms in total. The first kappa shape index (κ1) is 9.71. The van der Waals surface area contributed by atoms with E-state index in [4.69, 9.17) is 5.73 Å². The Kier molecular flexibility index (Phi) is 2.67.